The van der Waals surface area contributed by atoms with E-state index in [1.54, 1.807) is 11.8 Å². The molecular formula is C19H26N4O2. The summed E-state index contributed by atoms with van der Waals surface area (Å²) in [5, 5.41) is 4.45. The molecule has 1 amide bonds. The van der Waals surface area contributed by atoms with Crippen LogP contribution in [0.25, 0.3) is 11.3 Å². The number of aromatic nitrogens is 2. The summed E-state index contributed by atoms with van der Waals surface area (Å²) < 4.78 is 7.09. The number of hydrogen-bond donors (Lipinski definition) is 0. The number of methoxy groups -OCH3 is 1. The van der Waals surface area contributed by atoms with Gasteiger partial charge in [-0.1, -0.05) is 6.92 Å². The molecule has 0 unspecified atom stereocenters. The maximum atomic E-state index is 12.8. The van der Waals surface area contributed by atoms with Crippen LogP contribution in [0.5, 0.6) is 5.75 Å². The molecule has 0 spiro atoms. The number of rotatable bonds is 4. The third-order valence-corrected chi connectivity index (χ3v) is 4.90. The number of nitrogens with zero attached hydrogens (tertiary/aromatic N) is 4. The van der Waals surface area contributed by atoms with Crippen molar-refractivity contribution >= 4 is 5.91 Å². The molecule has 6 heteroatoms. The second-order valence-electron chi connectivity index (χ2n) is 6.45. The molecule has 0 radical (unpaired) electrons. The number of hydrogen-bond acceptors (Lipinski definition) is 4. The second kappa shape index (κ2) is 7.27. The van der Waals surface area contributed by atoms with Gasteiger partial charge in [0.05, 0.1) is 12.8 Å². The molecule has 6 nitrogen and oxygen atoms in total. The number of likely N-dealkylation sites (N-methyl/N-ethyl adjacent to an activating group) is 1. The van der Waals surface area contributed by atoms with Crippen LogP contribution in [0.2, 0.25) is 0 Å². The Balaban J connectivity index is 1.80. The molecule has 3 rings (SSSR count). The van der Waals surface area contributed by atoms with E-state index in [2.05, 4.69) is 23.0 Å². The van der Waals surface area contributed by atoms with E-state index in [1.165, 1.54) is 0 Å². The zero-order valence-corrected chi connectivity index (χ0v) is 15.5. The molecule has 1 aliphatic rings. The Morgan fingerprint density at radius 3 is 2.52 bits per heavy atom. The van der Waals surface area contributed by atoms with Gasteiger partial charge in [-0.25, -0.2) is 0 Å². The number of carbonyl (C=O) groups is 1. The summed E-state index contributed by atoms with van der Waals surface area (Å²) >= 11 is 0. The summed E-state index contributed by atoms with van der Waals surface area (Å²) in [7, 11) is 3.54. The van der Waals surface area contributed by atoms with Crippen molar-refractivity contribution in [3.05, 3.63) is 35.5 Å². The maximum Gasteiger partial charge on any atom is 0.274 e. The average molecular weight is 342 g/mol. The number of piperazine rings is 1. The number of carbonyl (C=O) groups excluding carboxylic acids is 1. The van der Waals surface area contributed by atoms with Crippen molar-refractivity contribution in [1.29, 1.82) is 0 Å². The first-order valence-corrected chi connectivity index (χ1v) is 8.74. The van der Waals surface area contributed by atoms with Gasteiger partial charge >= 0.3 is 0 Å². The maximum absolute atomic E-state index is 12.8. The highest BCUT2D eigenvalue weighted by Crippen LogP contribution is 2.26. The first-order valence-electron chi connectivity index (χ1n) is 8.74. The molecule has 1 saturated heterocycles. The molecule has 0 atom stereocenters. The SMILES string of the molecule is CCN1CCN(C(=O)c2cc(-c3ccc(OC)c(C)c3)n(C)n2)CC1. The smallest absolute Gasteiger partial charge is 0.274 e. The van der Waals surface area contributed by atoms with E-state index in [-0.39, 0.29) is 5.91 Å². The fraction of sp³-hybridized carbons (Fsp3) is 0.474. The monoisotopic (exact) mass is 342 g/mol. The van der Waals surface area contributed by atoms with Gasteiger partial charge in [0.25, 0.3) is 5.91 Å². The largest absolute Gasteiger partial charge is 0.496 e. The number of ether oxygens (including phenoxy) is 1. The van der Waals surface area contributed by atoms with Crippen molar-refractivity contribution in [2.75, 3.05) is 39.8 Å². The van der Waals surface area contributed by atoms with Crippen molar-refractivity contribution in [3.8, 4) is 17.0 Å². The Labute approximate surface area is 149 Å². The van der Waals surface area contributed by atoms with Crippen molar-refractivity contribution in [2.24, 2.45) is 7.05 Å². The van der Waals surface area contributed by atoms with Gasteiger partial charge in [-0.05, 0) is 43.3 Å². The van der Waals surface area contributed by atoms with Gasteiger partial charge < -0.3 is 14.5 Å². The molecule has 1 aromatic carbocycles. The Morgan fingerprint density at radius 2 is 1.92 bits per heavy atom. The lowest BCUT2D eigenvalue weighted by atomic mass is 10.1. The highest BCUT2D eigenvalue weighted by atomic mass is 16.5. The Kier molecular flexibility index (Phi) is 5.08. The van der Waals surface area contributed by atoms with Gasteiger partial charge in [-0.3, -0.25) is 9.48 Å². The molecule has 1 aromatic heterocycles. The van der Waals surface area contributed by atoms with Crippen LogP contribution < -0.4 is 4.74 Å². The third-order valence-electron chi connectivity index (χ3n) is 4.90. The molecule has 0 saturated carbocycles. The second-order valence-corrected chi connectivity index (χ2v) is 6.45. The highest BCUT2D eigenvalue weighted by molar-refractivity contribution is 5.93. The summed E-state index contributed by atoms with van der Waals surface area (Å²) in [4.78, 5) is 17.0. The Bertz CT molecular complexity index is 761. The lowest BCUT2D eigenvalue weighted by Gasteiger charge is -2.33. The summed E-state index contributed by atoms with van der Waals surface area (Å²) in [6.07, 6.45) is 0. The first-order chi connectivity index (χ1) is 12.0. The molecule has 0 N–H and O–H groups in total. The minimum Gasteiger partial charge on any atom is -0.496 e. The zero-order chi connectivity index (χ0) is 18.0. The van der Waals surface area contributed by atoms with Crippen molar-refractivity contribution in [2.45, 2.75) is 13.8 Å². The number of benzene rings is 1. The van der Waals surface area contributed by atoms with Gasteiger partial charge in [-0.15, -0.1) is 0 Å². The molecule has 2 heterocycles. The molecule has 0 bridgehead atoms. The fourth-order valence-corrected chi connectivity index (χ4v) is 3.31. The fourth-order valence-electron chi connectivity index (χ4n) is 3.31. The number of aryl methyl sites for hydroxylation is 2. The summed E-state index contributed by atoms with van der Waals surface area (Å²) in [6.45, 7) is 8.59. The Hall–Kier alpha value is -2.34. The normalized spacial score (nSPS) is 15.4. The lowest BCUT2D eigenvalue weighted by Crippen LogP contribution is -2.48. The molecule has 1 fully saturated rings. The highest BCUT2D eigenvalue weighted by Gasteiger charge is 2.24. The van der Waals surface area contributed by atoms with Crippen LogP contribution in [-0.2, 0) is 7.05 Å². The summed E-state index contributed by atoms with van der Waals surface area (Å²) in [6, 6.07) is 7.89. The van der Waals surface area contributed by atoms with Crippen LogP contribution in [0.15, 0.2) is 24.3 Å². The predicted octanol–water partition coefficient (Wildman–Crippen LogP) is 2.18. The van der Waals surface area contributed by atoms with E-state index < -0.39 is 0 Å². The van der Waals surface area contributed by atoms with E-state index in [1.807, 2.05) is 37.1 Å². The van der Waals surface area contributed by atoms with Crippen LogP contribution in [-0.4, -0.2) is 65.3 Å². The van der Waals surface area contributed by atoms with Crippen LogP contribution in [0.1, 0.15) is 23.0 Å². The van der Waals surface area contributed by atoms with Gasteiger partial charge in [0.2, 0.25) is 0 Å². The first kappa shape index (κ1) is 17.5. The van der Waals surface area contributed by atoms with Gasteiger partial charge in [0.1, 0.15) is 5.75 Å². The predicted molar refractivity (Wildman–Crippen MR) is 98.0 cm³/mol. The standard InChI is InChI=1S/C19H26N4O2/c1-5-22-8-10-23(11-9-22)19(24)16-13-17(21(3)20-16)15-6-7-18(25-4)14(2)12-15/h6-7,12-13H,5,8-11H2,1-4H3. The number of amides is 1. The minimum atomic E-state index is 0.0165. The van der Waals surface area contributed by atoms with E-state index in [9.17, 15) is 4.79 Å². The van der Waals surface area contributed by atoms with Crippen molar-refractivity contribution in [1.82, 2.24) is 19.6 Å². The summed E-state index contributed by atoms with van der Waals surface area (Å²) in [5.41, 5.74) is 3.53. The van der Waals surface area contributed by atoms with Crippen LogP contribution in [0.4, 0.5) is 0 Å². The lowest BCUT2D eigenvalue weighted by molar-refractivity contribution is 0.0637. The van der Waals surface area contributed by atoms with E-state index in [0.29, 0.717) is 5.69 Å². The molecule has 25 heavy (non-hydrogen) atoms. The molecular weight excluding hydrogens is 316 g/mol. The molecule has 0 aliphatic carbocycles. The third kappa shape index (κ3) is 3.54. The van der Waals surface area contributed by atoms with E-state index >= 15 is 0 Å². The molecule has 2 aromatic rings. The van der Waals surface area contributed by atoms with Gasteiger partial charge in [-0.2, -0.15) is 5.10 Å². The van der Waals surface area contributed by atoms with Crippen LogP contribution in [0.3, 0.4) is 0 Å². The van der Waals surface area contributed by atoms with Crippen LogP contribution >= 0.6 is 0 Å². The van der Waals surface area contributed by atoms with Crippen LogP contribution in [0, 0.1) is 6.92 Å². The van der Waals surface area contributed by atoms with E-state index in [0.717, 1.165) is 55.3 Å². The molecule has 134 valence electrons. The summed E-state index contributed by atoms with van der Waals surface area (Å²) in [5.74, 6) is 0.874. The van der Waals surface area contributed by atoms with Gasteiger partial charge in [0, 0.05) is 38.8 Å². The Morgan fingerprint density at radius 1 is 1.20 bits per heavy atom. The van der Waals surface area contributed by atoms with E-state index in [4.69, 9.17) is 4.74 Å². The van der Waals surface area contributed by atoms with Gasteiger partial charge in [0.15, 0.2) is 5.69 Å². The average Bonchev–Trinajstić information content (AvgIpc) is 3.03. The quantitative estimate of drug-likeness (QED) is 0.855. The minimum absolute atomic E-state index is 0.0165. The topological polar surface area (TPSA) is 50.6 Å². The van der Waals surface area contributed by atoms with Crippen molar-refractivity contribution in [3.63, 3.8) is 0 Å². The van der Waals surface area contributed by atoms with Crippen molar-refractivity contribution < 1.29 is 9.53 Å². The zero-order valence-electron chi connectivity index (χ0n) is 15.5. The molecule has 1 aliphatic heterocycles.